The highest BCUT2D eigenvalue weighted by Crippen LogP contribution is 2.29. The van der Waals surface area contributed by atoms with E-state index in [1.807, 2.05) is 18.2 Å². The second-order valence-electron chi connectivity index (χ2n) is 5.19. The van der Waals surface area contributed by atoms with E-state index in [9.17, 15) is 9.59 Å². The first kappa shape index (κ1) is 18.6. The molecular weight excluding hydrogens is 342 g/mol. The average Bonchev–Trinajstić information content (AvgIpc) is 2.60. The number of urea groups is 1. The standard InChI is InChI=1S/C18H20ClN3O3/c1-3-20-18(24)22-17(23)16(12-7-5-4-6-8-12)21-13-9-10-15(25-2)14(19)11-13/h4-11,16,21H,3H2,1-2H3,(H2,20,22,23,24)/t16-/m1/s1. The van der Waals surface area contributed by atoms with Crippen molar-refractivity contribution in [1.82, 2.24) is 10.6 Å². The van der Waals surface area contributed by atoms with Gasteiger partial charge in [0.15, 0.2) is 0 Å². The summed E-state index contributed by atoms with van der Waals surface area (Å²) in [7, 11) is 1.53. The van der Waals surface area contributed by atoms with Gasteiger partial charge in [0, 0.05) is 12.2 Å². The number of anilines is 1. The molecule has 25 heavy (non-hydrogen) atoms. The van der Waals surface area contributed by atoms with Crippen molar-refractivity contribution in [1.29, 1.82) is 0 Å². The molecule has 0 bridgehead atoms. The SMILES string of the molecule is CCNC(=O)NC(=O)[C@H](Nc1ccc(OC)c(Cl)c1)c1ccccc1. The Labute approximate surface area is 151 Å². The summed E-state index contributed by atoms with van der Waals surface area (Å²) in [4.78, 5) is 24.2. The van der Waals surface area contributed by atoms with Crippen molar-refractivity contribution in [3.63, 3.8) is 0 Å². The van der Waals surface area contributed by atoms with E-state index in [-0.39, 0.29) is 0 Å². The molecule has 2 rings (SSSR count). The van der Waals surface area contributed by atoms with Crippen LogP contribution in [0.1, 0.15) is 18.5 Å². The molecule has 132 valence electrons. The van der Waals surface area contributed by atoms with Crippen LogP contribution in [0, 0.1) is 0 Å². The Morgan fingerprint density at radius 1 is 1.16 bits per heavy atom. The Bertz CT molecular complexity index is 738. The molecule has 0 saturated heterocycles. The van der Waals surface area contributed by atoms with Crippen LogP contribution in [0.15, 0.2) is 48.5 Å². The summed E-state index contributed by atoms with van der Waals surface area (Å²) < 4.78 is 5.12. The minimum atomic E-state index is -0.756. The largest absolute Gasteiger partial charge is 0.495 e. The maximum absolute atomic E-state index is 12.5. The Balaban J connectivity index is 2.24. The van der Waals surface area contributed by atoms with E-state index in [2.05, 4.69) is 16.0 Å². The van der Waals surface area contributed by atoms with Gasteiger partial charge in [-0.1, -0.05) is 41.9 Å². The van der Waals surface area contributed by atoms with Crippen molar-refractivity contribution in [3.05, 3.63) is 59.1 Å². The molecule has 0 aliphatic rings. The zero-order valence-corrected chi connectivity index (χ0v) is 14.8. The number of halogens is 1. The minimum absolute atomic E-state index is 0.420. The molecule has 6 nitrogen and oxygen atoms in total. The molecule has 1 atom stereocenters. The Morgan fingerprint density at radius 3 is 2.48 bits per heavy atom. The van der Waals surface area contributed by atoms with E-state index in [1.165, 1.54) is 7.11 Å². The Hall–Kier alpha value is -2.73. The molecular formula is C18H20ClN3O3. The second kappa shape index (κ2) is 8.94. The van der Waals surface area contributed by atoms with E-state index in [0.717, 1.165) is 5.56 Å². The molecule has 0 unspecified atom stereocenters. The third-order valence-electron chi connectivity index (χ3n) is 3.43. The Kier molecular flexibility index (Phi) is 6.65. The summed E-state index contributed by atoms with van der Waals surface area (Å²) in [5.41, 5.74) is 1.35. The molecule has 0 fully saturated rings. The van der Waals surface area contributed by atoms with Crippen LogP contribution in [-0.4, -0.2) is 25.6 Å². The van der Waals surface area contributed by atoms with Crippen molar-refractivity contribution >= 4 is 29.2 Å². The summed E-state index contributed by atoms with van der Waals surface area (Å²) in [6.45, 7) is 2.20. The van der Waals surface area contributed by atoms with E-state index in [0.29, 0.717) is 23.0 Å². The van der Waals surface area contributed by atoms with E-state index < -0.39 is 18.0 Å². The maximum Gasteiger partial charge on any atom is 0.321 e. The van der Waals surface area contributed by atoms with Gasteiger partial charge >= 0.3 is 6.03 Å². The van der Waals surface area contributed by atoms with E-state index in [4.69, 9.17) is 16.3 Å². The molecule has 0 aromatic heterocycles. The van der Waals surface area contributed by atoms with Gasteiger partial charge in [-0.2, -0.15) is 0 Å². The first-order valence-electron chi connectivity index (χ1n) is 7.79. The highest BCUT2D eigenvalue weighted by atomic mass is 35.5. The van der Waals surface area contributed by atoms with Gasteiger partial charge in [-0.25, -0.2) is 4.79 Å². The molecule has 3 N–H and O–H groups in total. The summed E-state index contributed by atoms with van der Waals surface area (Å²) in [5.74, 6) is 0.0688. The lowest BCUT2D eigenvalue weighted by Crippen LogP contribution is -2.43. The second-order valence-corrected chi connectivity index (χ2v) is 5.59. The minimum Gasteiger partial charge on any atom is -0.495 e. The number of imide groups is 1. The number of nitrogens with one attached hydrogen (secondary N) is 3. The topological polar surface area (TPSA) is 79.5 Å². The van der Waals surface area contributed by atoms with Crippen LogP contribution in [0.25, 0.3) is 0 Å². The number of methoxy groups -OCH3 is 1. The number of carbonyl (C=O) groups excluding carboxylic acids is 2. The van der Waals surface area contributed by atoms with Gasteiger partial charge < -0.3 is 15.4 Å². The molecule has 2 aromatic carbocycles. The first-order chi connectivity index (χ1) is 12.0. The number of carbonyl (C=O) groups is 2. The average molecular weight is 362 g/mol. The molecule has 0 aliphatic heterocycles. The lowest BCUT2D eigenvalue weighted by atomic mass is 10.1. The van der Waals surface area contributed by atoms with Crippen LogP contribution in [0.2, 0.25) is 5.02 Å². The van der Waals surface area contributed by atoms with Crippen molar-refractivity contribution in [3.8, 4) is 5.75 Å². The van der Waals surface area contributed by atoms with Crippen molar-refractivity contribution in [2.75, 3.05) is 19.0 Å². The van der Waals surface area contributed by atoms with Crippen LogP contribution < -0.4 is 20.7 Å². The molecule has 0 spiro atoms. The van der Waals surface area contributed by atoms with Crippen molar-refractivity contribution in [2.45, 2.75) is 13.0 Å². The highest BCUT2D eigenvalue weighted by Gasteiger charge is 2.22. The monoisotopic (exact) mass is 361 g/mol. The summed E-state index contributed by atoms with van der Waals surface area (Å²) in [6, 6.07) is 12.9. The maximum atomic E-state index is 12.5. The third kappa shape index (κ3) is 5.12. The fourth-order valence-electron chi connectivity index (χ4n) is 2.26. The zero-order chi connectivity index (χ0) is 18.2. The number of rotatable bonds is 6. The molecule has 7 heteroatoms. The first-order valence-corrected chi connectivity index (χ1v) is 8.16. The Morgan fingerprint density at radius 2 is 1.88 bits per heavy atom. The van der Waals surface area contributed by atoms with Crippen LogP contribution in [0.4, 0.5) is 10.5 Å². The number of benzene rings is 2. The number of hydrogen-bond acceptors (Lipinski definition) is 4. The van der Waals surface area contributed by atoms with Gasteiger partial charge in [-0.05, 0) is 30.7 Å². The summed E-state index contributed by atoms with van der Waals surface area (Å²) in [5, 5.41) is 8.38. The number of amides is 3. The predicted molar refractivity (Wildman–Crippen MR) is 98.0 cm³/mol. The van der Waals surface area contributed by atoms with Crippen molar-refractivity contribution in [2.24, 2.45) is 0 Å². The molecule has 0 heterocycles. The van der Waals surface area contributed by atoms with Gasteiger partial charge in [0.2, 0.25) is 0 Å². The van der Waals surface area contributed by atoms with Crippen LogP contribution in [0.5, 0.6) is 5.75 Å². The fraction of sp³-hybridized carbons (Fsp3) is 0.222. The molecule has 3 amide bonds. The van der Waals surface area contributed by atoms with Crippen LogP contribution in [0.3, 0.4) is 0 Å². The molecule has 0 aliphatic carbocycles. The van der Waals surface area contributed by atoms with Gasteiger partial charge in [0.05, 0.1) is 12.1 Å². The van der Waals surface area contributed by atoms with E-state index in [1.54, 1.807) is 37.3 Å². The summed E-state index contributed by atoms with van der Waals surface area (Å²) >= 11 is 6.13. The van der Waals surface area contributed by atoms with E-state index >= 15 is 0 Å². The highest BCUT2D eigenvalue weighted by molar-refractivity contribution is 6.32. The van der Waals surface area contributed by atoms with Crippen molar-refractivity contribution < 1.29 is 14.3 Å². The smallest absolute Gasteiger partial charge is 0.321 e. The lowest BCUT2D eigenvalue weighted by molar-refractivity contribution is -0.120. The molecule has 0 saturated carbocycles. The van der Waals surface area contributed by atoms with Gasteiger partial charge in [-0.15, -0.1) is 0 Å². The third-order valence-corrected chi connectivity index (χ3v) is 3.73. The number of ether oxygens (including phenoxy) is 1. The van der Waals surface area contributed by atoms with Gasteiger partial charge in [0.25, 0.3) is 5.91 Å². The molecule has 0 radical (unpaired) electrons. The van der Waals surface area contributed by atoms with Crippen LogP contribution in [-0.2, 0) is 4.79 Å². The van der Waals surface area contributed by atoms with Gasteiger partial charge in [0.1, 0.15) is 11.8 Å². The quantitative estimate of drug-likeness (QED) is 0.737. The normalized spacial score (nSPS) is 11.3. The lowest BCUT2D eigenvalue weighted by Gasteiger charge is -2.20. The zero-order valence-electron chi connectivity index (χ0n) is 14.0. The van der Waals surface area contributed by atoms with Gasteiger partial charge in [-0.3, -0.25) is 10.1 Å². The fourth-order valence-corrected chi connectivity index (χ4v) is 2.52. The number of hydrogen-bond donors (Lipinski definition) is 3. The summed E-state index contributed by atoms with van der Waals surface area (Å²) in [6.07, 6.45) is 0. The predicted octanol–water partition coefficient (Wildman–Crippen LogP) is 3.35. The molecule has 2 aromatic rings. The van der Waals surface area contributed by atoms with Crippen LogP contribution >= 0.6 is 11.6 Å².